The third-order valence-electron chi connectivity index (χ3n) is 5.73. The van der Waals surface area contributed by atoms with Gasteiger partial charge >= 0.3 is 6.09 Å². The van der Waals surface area contributed by atoms with Gasteiger partial charge in [0.05, 0.1) is 19.3 Å². The quantitative estimate of drug-likeness (QED) is 0.815. The third kappa shape index (κ3) is 5.85. The zero-order chi connectivity index (χ0) is 18.6. The predicted molar refractivity (Wildman–Crippen MR) is 101 cm³/mol. The third-order valence-corrected chi connectivity index (χ3v) is 5.73. The van der Waals surface area contributed by atoms with Crippen molar-refractivity contribution in [3.8, 4) is 0 Å². The molecule has 2 fully saturated rings. The van der Waals surface area contributed by atoms with Crippen LogP contribution in [0.4, 0.5) is 4.79 Å². The highest BCUT2D eigenvalue weighted by Crippen LogP contribution is 2.34. The van der Waals surface area contributed by atoms with Crippen LogP contribution in [0.2, 0.25) is 0 Å². The van der Waals surface area contributed by atoms with Crippen LogP contribution in [0.5, 0.6) is 0 Å². The molecule has 0 aromatic carbocycles. The van der Waals surface area contributed by atoms with E-state index in [1.807, 2.05) is 25.7 Å². The number of ether oxygens (including phenoxy) is 2. The molecule has 5 heteroatoms. The zero-order valence-electron chi connectivity index (χ0n) is 17.0. The molecule has 1 aliphatic heterocycles. The Kier molecular flexibility index (Phi) is 7.15. The number of rotatable bonds is 5. The maximum Gasteiger partial charge on any atom is 0.410 e. The predicted octanol–water partition coefficient (Wildman–Crippen LogP) is 3.82. The van der Waals surface area contributed by atoms with E-state index < -0.39 is 5.60 Å². The van der Waals surface area contributed by atoms with Crippen LogP contribution in [0, 0.1) is 11.8 Å². The first-order valence-corrected chi connectivity index (χ1v) is 10.0. The van der Waals surface area contributed by atoms with Gasteiger partial charge in [0, 0.05) is 18.6 Å². The molecule has 5 atom stereocenters. The van der Waals surface area contributed by atoms with Crippen molar-refractivity contribution >= 4 is 6.09 Å². The van der Waals surface area contributed by atoms with Crippen molar-refractivity contribution in [1.29, 1.82) is 0 Å². The van der Waals surface area contributed by atoms with Gasteiger partial charge in [-0.2, -0.15) is 0 Å². The minimum atomic E-state index is -0.460. The van der Waals surface area contributed by atoms with Gasteiger partial charge in [0.2, 0.25) is 0 Å². The average molecular weight is 355 g/mol. The minimum Gasteiger partial charge on any atom is -0.444 e. The summed E-state index contributed by atoms with van der Waals surface area (Å²) >= 11 is 0. The number of amides is 1. The van der Waals surface area contributed by atoms with E-state index in [4.69, 9.17) is 9.47 Å². The summed E-state index contributed by atoms with van der Waals surface area (Å²) in [5.41, 5.74) is -0.460. The Balaban J connectivity index is 1.89. The number of carbonyl (C=O) groups excluding carboxylic acids is 1. The Hall–Kier alpha value is -0.810. The first-order valence-electron chi connectivity index (χ1n) is 10.0. The molecule has 1 saturated heterocycles. The molecular formula is C20H38N2O3. The summed E-state index contributed by atoms with van der Waals surface area (Å²) in [5, 5.41) is 3.81. The van der Waals surface area contributed by atoms with Gasteiger partial charge in [-0.15, -0.1) is 0 Å². The lowest BCUT2D eigenvalue weighted by molar-refractivity contribution is -0.0358. The smallest absolute Gasteiger partial charge is 0.410 e. The summed E-state index contributed by atoms with van der Waals surface area (Å²) in [6.07, 6.45) is 4.56. The van der Waals surface area contributed by atoms with Crippen LogP contribution in [0.25, 0.3) is 0 Å². The van der Waals surface area contributed by atoms with Gasteiger partial charge < -0.3 is 19.7 Å². The second-order valence-electron chi connectivity index (χ2n) is 8.92. The van der Waals surface area contributed by atoms with Crippen LogP contribution in [0.1, 0.15) is 67.2 Å². The molecule has 1 heterocycles. The van der Waals surface area contributed by atoms with E-state index in [2.05, 4.69) is 26.1 Å². The second kappa shape index (κ2) is 8.72. The molecule has 25 heavy (non-hydrogen) atoms. The number of morpholine rings is 1. The average Bonchev–Trinajstić information content (AvgIpc) is 2.86. The zero-order valence-corrected chi connectivity index (χ0v) is 17.0. The van der Waals surface area contributed by atoms with Gasteiger partial charge in [0.1, 0.15) is 5.60 Å². The van der Waals surface area contributed by atoms with Crippen LogP contribution in [-0.4, -0.2) is 54.5 Å². The Bertz CT molecular complexity index is 435. The molecule has 0 bridgehead atoms. The normalized spacial score (nSPS) is 31.8. The summed E-state index contributed by atoms with van der Waals surface area (Å²) in [6.45, 7) is 14.5. The lowest BCUT2D eigenvalue weighted by Gasteiger charge is -2.38. The van der Waals surface area contributed by atoms with Gasteiger partial charge in [-0.1, -0.05) is 20.3 Å². The highest BCUT2D eigenvalue weighted by Gasteiger charge is 2.35. The molecule has 0 aromatic heterocycles. The first-order chi connectivity index (χ1) is 11.7. The van der Waals surface area contributed by atoms with Gasteiger partial charge in [-0.3, -0.25) is 0 Å². The van der Waals surface area contributed by atoms with Gasteiger partial charge in [0.25, 0.3) is 0 Å². The Labute approximate surface area is 153 Å². The standard InChI is InChI=1S/C20H38N2O3/c1-7-16-8-9-18(15(16)3)21-14(2)12-17-13-24-11-10-22(17)19(23)25-20(4,5)6/h14-18,21H,7-13H2,1-6H3. The summed E-state index contributed by atoms with van der Waals surface area (Å²) in [4.78, 5) is 14.4. The summed E-state index contributed by atoms with van der Waals surface area (Å²) in [5.74, 6) is 1.58. The Morgan fingerprint density at radius 2 is 2.08 bits per heavy atom. The molecule has 0 spiro atoms. The van der Waals surface area contributed by atoms with Gasteiger partial charge in [0.15, 0.2) is 0 Å². The number of hydrogen-bond acceptors (Lipinski definition) is 4. The van der Waals surface area contributed by atoms with Crippen molar-refractivity contribution in [3.63, 3.8) is 0 Å². The fraction of sp³-hybridized carbons (Fsp3) is 0.950. The van der Waals surface area contributed by atoms with Crippen LogP contribution in [0.3, 0.4) is 0 Å². The summed E-state index contributed by atoms with van der Waals surface area (Å²) in [7, 11) is 0. The molecular weight excluding hydrogens is 316 g/mol. The molecule has 5 nitrogen and oxygen atoms in total. The van der Waals surface area contributed by atoms with Crippen molar-refractivity contribution in [2.45, 2.75) is 91.0 Å². The van der Waals surface area contributed by atoms with Crippen molar-refractivity contribution in [2.75, 3.05) is 19.8 Å². The SMILES string of the molecule is CCC1CCC(NC(C)CC2COCCN2C(=O)OC(C)(C)C)C1C. The maximum absolute atomic E-state index is 12.5. The number of hydrogen-bond donors (Lipinski definition) is 1. The van der Waals surface area contributed by atoms with Crippen molar-refractivity contribution in [2.24, 2.45) is 11.8 Å². The molecule has 1 saturated carbocycles. The molecule has 0 aromatic rings. The summed E-state index contributed by atoms with van der Waals surface area (Å²) in [6, 6.07) is 1.05. The highest BCUT2D eigenvalue weighted by molar-refractivity contribution is 5.68. The molecule has 1 amide bonds. The molecule has 1 N–H and O–H groups in total. The number of nitrogens with one attached hydrogen (secondary N) is 1. The van der Waals surface area contributed by atoms with Crippen molar-refractivity contribution in [1.82, 2.24) is 10.2 Å². The molecule has 0 radical (unpaired) electrons. The first kappa shape index (κ1) is 20.5. The van der Waals surface area contributed by atoms with E-state index in [1.165, 1.54) is 19.3 Å². The second-order valence-corrected chi connectivity index (χ2v) is 8.92. The van der Waals surface area contributed by atoms with Gasteiger partial charge in [-0.05, 0) is 58.8 Å². The molecule has 1 aliphatic carbocycles. The van der Waals surface area contributed by atoms with Crippen LogP contribution in [0.15, 0.2) is 0 Å². The minimum absolute atomic E-state index is 0.0878. The van der Waals surface area contributed by atoms with E-state index >= 15 is 0 Å². The van der Waals surface area contributed by atoms with E-state index in [0.29, 0.717) is 31.8 Å². The Morgan fingerprint density at radius 3 is 2.68 bits per heavy atom. The number of nitrogens with zero attached hydrogens (tertiary/aromatic N) is 1. The highest BCUT2D eigenvalue weighted by atomic mass is 16.6. The monoisotopic (exact) mass is 354 g/mol. The van der Waals surface area contributed by atoms with Crippen molar-refractivity contribution in [3.05, 3.63) is 0 Å². The van der Waals surface area contributed by atoms with Crippen LogP contribution in [-0.2, 0) is 9.47 Å². The summed E-state index contributed by atoms with van der Waals surface area (Å²) < 4.78 is 11.2. The molecule has 2 rings (SSSR count). The fourth-order valence-corrected chi connectivity index (χ4v) is 4.31. The molecule has 2 aliphatic rings. The van der Waals surface area contributed by atoms with E-state index in [-0.39, 0.29) is 12.1 Å². The topological polar surface area (TPSA) is 50.8 Å². The maximum atomic E-state index is 12.5. The lowest BCUT2D eigenvalue weighted by Crippen LogP contribution is -2.53. The largest absolute Gasteiger partial charge is 0.444 e. The molecule has 146 valence electrons. The van der Waals surface area contributed by atoms with Crippen LogP contribution >= 0.6 is 0 Å². The fourth-order valence-electron chi connectivity index (χ4n) is 4.31. The lowest BCUT2D eigenvalue weighted by atomic mass is 9.93. The van der Waals surface area contributed by atoms with E-state index in [1.54, 1.807) is 0 Å². The van der Waals surface area contributed by atoms with Gasteiger partial charge in [-0.25, -0.2) is 4.79 Å². The van der Waals surface area contributed by atoms with Crippen LogP contribution < -0.4 is 5.32 Å². The number of carbonyl (C=O) groups is 1. The van der Waals surface area contributed by atoms with Crippen molar-refractivity contribution < 1.29 is 14.3 Å². The molecule has 5 unspecified atom stereocenters. The van der Waals surface area contributed by atoms with E-state index in [9.17, 15) is 4.79 Å². The van der Waals surface area contributed by atoms with E-state index in [0.717, 1.165) is 18.3 Å². The Morgan fingerprint density at radius 1 is 1.36 bits per heavy atom.